The lowest BCUT2D eigenvalue weighted by molar-refractivity contribution is 0.187. The number of hydrogen-bond donors (Lipinski definition) is 3. The second-order valence-corrected chi connectivity index (χ2v) is 4.28. The van der Waals surface area contributed by atoms with Crippen molar-refractivity contribution in [2.75, 3.05) is 6.54 Å². The van der Waals surface area contributed by atoms with Gasteiger partial charge < -0.3 is 16.2 Å². The molecule has 0 rings (SSSR count). The molecule has 0 fully saturated rings. The van der Waals surface area contributed by atoms with Crippen molar-refractivity contribution < 1.29 is 5.11 Å². The third-order valence-electron chi connectivity index (χ3n) is 1.33. The zero-order valence-electron chi connectivity index (χ0n) is 8.96. The maximum Gasteiger partial charge on any atom is 0.188 e. The molecule has 0 aliphatic heterocycles. The molecule has 13 heavy (non-hydrogen) atoms. The third kappa shape index (κ3) is 9.14. The van der Waals surface area contributed by atoms with Gasteiger partial charge in [-0.3, -0.25) is 4.99 Å². The van der Waals surface area contributed by atoms with Crippen LogP contribution in [-0.4, -0.2) is 29.3 Å². The fourth-order valence-corrected chi connectivity index (χ4v) is 0.796. The normalized spacial score (nSPS) is 15.6. The van der Waals surface area contributed by atoms with E-state index >= 15 is 0 Å². The molecular weight excluding hydrogens is 166 g/mol. The van der Waals surface area contributed by atoms with Crippen molar-refractivity contribution in [1.82, 2.24) is 5.32 Å². The molecule has 0 heterocycles. The van der Waals surface area contributed by atoms with Crippen LogP contribution in [-0.2, 0) is 0 Å². The molecule has 0 aliphatic rings. The van der Waals surface area contributed by atoms with Gasteiger partial charge in [-0.1, -0.05) is 0 Å². The first kappa shape index (κ1) is 12.2. The quantitative estimate of drug-likeness (QED) is 0.444. The van der Waals surface area contributed by atoms with E-state index in [2.05, 4.69) is 10.3 Å². The molecule has 1 atom stereocenters. The number of nitrogens with two attached hydrogens (primary N) is 1. The van der Waals surface area contributed by atoms with Crippen molar-refractivity contribution >= 4 is 5.96 Å². The average molecular weight is 187 g/mol. The summed E-state index contributed by atoms with van der Waals surface area (Å²) in [6.07, 6.45) is 0.332. The Kier molecular flexibility index (Phi) is 4.77. The van der Waals surface area contributed by atoms with E-state index < -0.39 is 0 Å². The first-order valence-electron chi connectivity index (χ1n) is 4.57. The van der Waals surface area contributed by atoms with E-state index in [9.17, 15) is 0 Å². The van der Waals surface area contributed by atoms with Gasteiger partial charge in [-0.05, 0) is 34.1 Å². The largest absolute Gasteiger partial charge is 0.393 e. The van der Waals surface area contributed by atoms with Crippen LogP contribution in [0.2, 0.25) is 0 Å². The van der Waals surface area contributed by atoms with E-state index in [0.717, 1.165) is 0 Å². The monoisotopic (exact) mass is 187 g/mol. The Hall–Kier alpha value is -0.770. The van der Waals surface area contributed by atoms with Gasteiger partial charge in [0.1, 0.15) is 0 Å². The van der Waals surface area contributed by atoms with Gasteiger partial charge in [0.15, 0.2) is 5.96 Å². The van der Waals surface area contributed by atoms with Crippen LogP contribution in [0.5, 0.6) is 0 Å². The molecular formula is C9H21N3O. The van der Waals surface area contributed by atoms with E-state index in [1.54, 1.807) is 6.92 Å². The Labute approximate surface area is 80.2 Å². The predicted octanol–water partition coefficient (Wildman–Crippen LogP) is 0.460. The van der Waals surface area contributed by atoms with Gasteiger partial charge in [0.05, 0.1) is 6.10 Å². The summed E-state index contributed by atoms with van der Waals surface area (Å²) >= 11 is 0. The molecule has 0 saturated carbocycles. The van der Waals surface area contributed by atoms with Gasteiger partial charge in [-0.15, -0.1) is 0 Å². The van der Waals surface area contributed by atoms with Crippen molar-refractivity contribution in [3.8, 4) is 0 Å². The smallest absolute Gasteiger partial charge is 0.188 e. The SMILES string of the molecule is CC(O)CCN=C(N)NC(C)(C)C. The molecule has 0 aromatic heterocycles. The first-order valence-corrected chi connectivity index (χ1v) is 4.57. The number of rotatable bonds is 3. The van der Waals surface area contributed by atoms with Crippen LogP contribution in [0, 0.1) is 0 Å². The maximum atomic E-state index is 8.97. The number of hydrogen-bond acceptors (Lipinski definition) is 2. The number of guanidine groups is 1. The Balaban J connectivity index is 3.76. The molecule has 0 radical (unpaired) electrons. The van der Waals surface area contributed by atoms with Gasteiger partial charge >= 0.3 is 0 Å². The van der Waals surface area contributed by atoms with E-state index in [1.807, 2.05) is 20.8 Å². The molecule has 0 aliphatic carbocycles. The number of aliphatic hydroxyl groups excluding tert-OH is 1. The minimum atomic E-state index is -0.314. The molecule has 0 aromatic rings. The van der Waals surface area contributed by atoms with E-state index in [1.165, 1.54) is 0 Å². The fourth-order valence-electron chi connectivity index (χ4n) is 0.796. The summed E-state index contributed by atoms with van der Waals surface area (Å²) in [5, 5.41) is 12.0. The summed E-state index contributed by atoms with van der Waals surface area (Å²) in [6, 6.07) is 0. The summed E-state index contributed by atoms with van der Waals surface area (Å²) in [5.74, 6) is 0.438. The number of aliphatic imine (C=N–C) groups is 1. The van der Waals surface area contributed by atoms with Crippen LogP contribution < -0.4 is 11.1 Å². The molecule has 0 bridgehead atoms. The molecule has 0 amide bonds. The average Bonchev–Trinajstić information content (AvgIpc) is 1.81. The molecule has 1 unspecified atom stereocenters. The summed E-state index contributed by atoms with van der Waals surface area (Å²) < 4.78 is 0. The molecule has 0 spiro atoms. The van der Waals surface area contributed by atoms with Gasteiger partial charge in [0.25, 0.3) is 0 Å². The Morgan fingerprint density at radius 1 is 1.54 bits per heavy atom. The van der Waals surface area contributed by atoms with Gasteiger partial charge in [-0.25, -0.2) is 0 Å². The van der Waals surface area contributed by atoms with E-state index in [-0.39, 0.29) is 11.6 Å². The lowest BCUT2D eigenvalue weighted by atomic mass is 10.1. The summed E-state index contributed by atoms with van der Waals surface area (Å²) in [7, 11) is 0. The minimum Gasteiger partial charge on any atom is -0.393 e. The van der Waals surface area contributed by atoms with Crippen LogP contribution >= 0.6 is 0 Å². The zero-order chi connectivity index (χ0) is 10.5. The van der Waals surface area contributed by atoms with Gasteiger partial charge in [0, 0.05) is 12.1 Å². The van der Waals surface area contributed by atoms with Crippen molar-refractivity contribution in [3.05, 3.63) is 0 Å². The fraction of sp³-hybridized carbons (Fsp3) is 0.889. The first-order chi connectivity index (χ1) is 5.81. The highest BCUT2D eigenvalue weighted by atomic mass is 16.3. The second-order valence-electron chi connectivity index (χ2n) is 4.28. The van der Waals surface area contributed by atoms with Crippen LogP contribution in [0.25, 0.3) is 0 Å². The molecule has 0 aromatic carbocycles. The van der Waals surface area contributed by atoms with Crippen LogP contribution in [0.3, 0.4) is 0 Å². The molecule has 0 saturated heterocycles. The van der Waals surface area contributed by atoms with Crippen LogP contribution in [0.1, 0.15) is 34.1 Å². The lowest BCUT2D eigenvalue weighted by Gasteiger charge is -2.21. The number of nitrogens with one attached hydrogen (secondary N) is 1. The van der Waals surface area contributed by atoms with Crippen molar-refractivity contribution in [2.45, 2.75) is 45.8 Å². The van der Waals surface area contributed by atoms with Crippen LogP contribution in [0.15, 0.2) is 4.99 Å². The van der Waals surface area contributed by atoms with Crippen molar-refractivity contribution in [3.63, 3.8) is 0 Å². The number of nitrogens with zero attached hydrogens (tertiary/aromatic N) is 1. The standard InChI is InChI=1S/C9H21N3O/c1-7(13)5-6-11-8(10)12-9(2,3)4/h7,13H,5-6H2,1-4H3,(H3,10,11,12). The van der Waals surface area contributed by atoms with Crippen LogP contribution in [0.4, 0.5) is 0 Å². The minimum absolute atomic E-state index is 0.0571. The Morgan fingerprint density at radius 2 is 2.08 bits per heavy atom. The van der Waals surface area contributed by atoms with E-state index in [0.29, 0.717) is 18.9 Å². The molecule has 4 heteroatoms. The Morgan fingerprint density at radius 3 is 2.46 bits per heavy atom. The number of aliphatic hydroxyl groups is 1. The highest BCUT2D eigenvalue weighted by Gasteiger charge is 2.09. The van der Waals surface area contributed by atoms with E-state index in [4.69, 9.17) is 10.8 Å². The molecule has 4 nitrogen and oxygen atoms in total. The Bertz CT molecular complexity index is 170. The maximum absolute atomic E-state index is 8.97. The van der Waals surface area contributed by atoms with Crippen molar-refractivity contribution in [2.24, 2.45) is 10.7 Å². The molecule has 78 valence electrons. The van der Waals surface area contributed by atoms with Gasteiger partial charge in [0.2, 0.25) is 0 Å². The zero-order valence-corrected chi connectivity index (χ0v) is 8.96. The highest BCUT2D eigenvalue weighted by molar-refractivity contribution is 5.78. The lowest BCUT2D eigenvalue weighted by Crippen LogP contribution is -2.45. The third-order valence-corrected chi connectivity index (χ3v) is 1.33. The van der Waals surface area contributed by atoms with Crippen molar-refractivity contribution in [1.29, 1.82) is 0 Å². The predicted molar refractivity (Wildman–Crippen MR) is 55.7 cm³/mol. The summed E-state index contributed by atoms with van der Waals surface area (Å²) in [4.78, 5) is 4.07. The van der Waals surface area contributed by atoms with Gasteiger partial charge in [-0.2, -0.15) is 0 Å². The highest BCUT2D eigenvalue weighted by Crippen LogP contribution is 1.97. The topological polar surface area (TPSA) is 70.6 Å². The second kappa shape index (κ2) is 5.07. The molecule has 4 N–H and O–H groups in total. The summed E-state index contributed by atoms with van der Waals surface area (Å²) in [6.45, 7) is 8.35. The summed E-state index contributed by atoms with van der Waals surface area (Å²) in [5.41, 5.74) is 5.55.